The zero-order valence-corrected chi connectivity index (χ0v) is 13.6. The number of aryl methyl sites for hydroxylation is 4. The van der Waals surface area contributed by atoms with Crippen molar-refractivity contribution >= 4 is 33.1 Å². The predicted molar refractivity (Wildman–Crippen MR) is 90.7 cm³/mol. The van der Waals surface area contributed by atoms with Gasteiger partial charge in [0.25, 0.3) is 0 Å². The van der Waals surface area contributed by atoms with Gasteiger partial charge in [-0.15, -0.1) is 11.3 Å². The molecule has 2 aromatic heterocycles. The summed E-state index contributed by atoms with van der Waals surface area (Å²) in [7, 11) is 0. The van der Waals surface area contributed by atoms with Gasteiger partial charge in [-0.1, -0.05) is 25.1 Å². The molecule has 0 atom stereocenters. The standard InChI is InChI=1S/C17H19N3S/c1-5-14-19-16(18-13-9-7-6-8-10(13)2)15-11(3)12(4)21-17(15)20-14/h6-9H,5H2,1-4H3,(H,18,19,20). The molecule has 0 unspecified atom stereocenters. The van der Waals surface area contributed by atoms with E-state index in [2.05, 4.69) is 50.1 Å². The van der Waals surface area contributed by atoms with E-state index in [1.165, 1.54) is 16.0 Å². The van der Waals surface area contributed by atoms with Crippen molar-refractivity contribution in [2.75, 3.05) is 5.32 Å². The Hall–Kier alpha value is -1.94. The summed E-state index contributed by atoms with van der Waals surface area (Å²) in [6, 6.07) is 8.28. The van der Waals surface area contributed by atoms with Crippen LogP contribution in [-0.2, 0) is 6.42 Å². The topological polar surface area (TPSA) is 37.8 Å². The fourth-order valence-corrected chi connectivity index (χ4v) is 3.43. The molecule has 108 valence electrons. The first-order valence-electron chi connectivity index (χ1n) is 7.19. The number of aromatic nitrogens is 2. The maximum atomic E-state index is 4.71. The molecule has 4 heteroatoms. The van der Waals surface area contributed by atoms with Gasteiger partial charge < -0.3 is 5.32 Å². The van der Waals surface area contributed by atoms with Crippen LogP contribution in [0.25, 0.3) is 10.2 Å². The largest absolute Gasteiger partial charge is 0.339 e. The summed E-state index contributed by atoms with van der Waals surface area (Å²) in [4.78, 5) is 11.8. The molecule has 0 saturated heterocycles. The molecule has 3 aromatic rings. The van der Waals surface area contributed by atoms with E-state index in [0.717, 1.165) is 34.0 Å². The van der Waals surface area contributed by atoms with Crippen molar-refractivity contribution in [2.45, 2.75) is 34.1 Å². The number of para-hydroxylation sites is 1. The highest BCUT2D eigenvalue weighted by Gasteiger charge is 2.14. The lowest BCUT2D eigenvalue weighted by atomic mass is 10.1. The van der Waals surface area contributed by atoms with Gasteiger partial charge in [0.1, 0.15) is 16.5 Å². The normalized spacial score (nSPS) is 11.0. The van der Waals surface area contributed by atoms with Crippen LogP contribution in [-0.4, -0.2) is 9.97 Å². The lowest BCUT2D eigenvalue weighted by Gasteiger charge is -2.11. The zero-order valence-electron chi connectivity index (χ0n) is 12.8. The number of thiophene rings is 1. The summed E-state index contributed by atoms with van der Waals surface area (Å²) in [5.41, 5.74) is 3.59. The minimum Gasteiger partial charge on any atom is -0.339 e. The summed E-state index contributed by atoms with van der Waals surface area (Å²) in [5, 5.41) is 4.65. The van der Waals surface area contributed by atoms with Gasteiger partial charge in [0.2, 0.25) is 0 Å². The molecule has 3 nitrogen and oxygen atoms in total. The number of fused-ring (bicyclic) bond motifs is 1. The van der Waals surface area contributed by atoms with E-state index in [4.69, 9.17) is 4.98 Å². The van der Waals surface area contributed by atoms with E-state index < -0.39 is 0 Å². The van der Waals surface area contributed by atoms with Crippen LogP contribution in [0.3, 0.4) is 0 Å². The Balaban J connectivity index is 2.18. The number of nitrogens with zero attached hydrogens (tertiary/aromatic N) is 2. The molecule has 0 aliphatic carbocycles. The molecule has 0 aliphatic heterocycles. The number of hydrogen-bond donors (Lipinski definition) is 1. The number of rotatable bonds is 3. The van der Waals surface area contributed by atoms with Crippen molar-refractivity contribution in [3.8, 4) is 0 Å². The van der Waals surface area contributed by atoms with Crippen molar-refractivity contribution in [3.63, 3.8) is 0 Å². The van der Waals surface area contributed by atoms with Crippen LogP contribution in [0.5, 0.6) is 0 Å². The van der Waals surface area contributed by atoms with Gasteiger partial charge in [-0.2, -0.15) is 0 Å². The Labute approximate surface area is 129 Å². The van der Waals surface area contributed by atoms with Gasteiger partial charge in [0.05, 0.1) is 5.39 Å². The summed E-state index contributed by atoms with van der Waals surface area (Å²) in [6.07, 6.45) is 0.842. The Kier molecular flexibility index (Phi) is 3.64. The highest BCUT2D eigenvalue weighted by atomic mass is 32.1. The first-order chi connectivity index (χ1) is 10.1. The third kappa shape index (κ3) is 2.51. The molecule has 0 amide bonds. The van der Waals surface area contributed by atoms with Crippen LogP contribution < -0.4 is 5.32 Å². The minimum atomic E-state index is 0.842. The third-order valence-corrected chi connectivity index (χ3v) is 4.89. The molecule has 0 aliphatic rings. The molecule has 0 saturated carbocycles. The molecule has 0 radical (unpaired) electrons. The number of nitrogens with one attached hydrogen (secondary N) is 1. The summed E-state index contributed by atoms with van der Waals surface area (Å²) in [6.45, 7) is 8.48. The van der Waals surface area contributed by atoms with E-state index in [1.807, 2.05) is 12.1 Å². The van der Waals surface area contributed by atoms with E-state index in [0.29, 0.717) is 0 Å². The second-order valence-electron chi connectivity index (χ2n) is 5.25. The molecule has 0 bridgehead atoms. The lowest BCUT2D eigenvalue weighted by molar-refractivity contribution is 0.966. The fourth-order valence-electron chi connectivity index (χ4n) is 2.38. The van der Waals surface area contributed by atoms with Crippen LogP contribution >= 0.6 is 11.3 Å². The van der Waals surface area contributed by atoms with Crippen LogP contribution in [0.4, 0.5) is 11.5 Å². The average Bonchev–Trinajstić information content (AvgIpc) is 2.76. The van der Waals surface area contributed by atoms with Crippen molar-refractivity contribution in [1.82, 2.24) is 9.97 Å². The van der Waals surface area contributed by atoms with Gasteiger partial charge in [-0.25, -0.2) is 9.97 Å². The Morgan fingerprint density at radius 3 is 2.57 bits per heavy atom. The second-order valence-corrected chi connectivity index (χ2v) is 6.45. The lowest BCUT2D eigenvalue weighted by Crippen LogP contribution is -2.01. The molecule has 0 spiro atoms. The van der Waals surface area contributed by atoms with E-state index in [-0.39, 0.29) is 0 Å². The molecule has 21 heavy (non-hydrogen) atoms. The molecule has 2 heterocycles. The zero-order chi connectivity index (χ0) is 15.0. The number of hydrogen-bond acceptors (Lipinski definition) is 4. The van der Waals surface area contributed by atoms with Gasteiger partial charge in [-0.3, -0.25) is 0 Å². The van der Waals surface area contributed by atoms with Gasteiger partial charge in [0.15, 0.2) is 0 Å². The maximum Gasteiger partial charge on any atom is 0.143 e. The van der Waals surface area contributed by atoms with Gasteiger partial charge in [-0.05, 0) is 38.0 Å². The molecular formula is C17H19N3S. The second kappa shape index (κ2) is 5.45. The van der Waals surface area contributed by atoms with Crippen LogP contribution in [0, 0.1) is 20.8 Å². The maximum absolute atomic E-state index is 4.71. The number of benzene rings is 1. The van der Waals surface area contributed by atoms with E-state index in [9.17, 15) is 0 Å². The first kappa shape index (κ1) is 14.0. The Morgan fingerprint density at radius 1 is 1.10 bits per heavy atom. The SMILES string of the molecule is CCc1nc(Nc2ccccc2C)c2c(C)c(C)sc2n1. The van der Waals surface area contributed by atoms with Crippen LogP contribution in [0.2, 0.25) is 0 Å². The van der Waals surface area contributed by atoms with Crippen molar-refractivity contribution in [3.05, 3.63) is 46.1 Å². The monoisotopic (exact) mass is 297 g/mol. The molecule has 0 fully saturated rings. The van der Waals surface area contributed by atoms with Crippen molar-refractivity contribution in [1.29, 1.82) is 0 Å². The quantitative estimate of drug-likeness (QED) is 0.745. The molecule has 1 N–H and O–H groups in total. The molecule has 3 rings (SSSR count). The van der Waals surface area contributed by atoms with Crippen LogP contribution in [0.1, 0.15) is 28.8 Å². The molecule has 1 aromatic carbocycles. The first-order valence-corrected chi connectivity index (χ1v) is 8.01. The predicted octanol–water partition coefficient (Wildman–Crippen LogP) is 4.92. The number of anilines is 2. The van der Waals surface area contributed by atoms with Gasteiger partial charge in [0, 0.05) is 17.0 Å². The highest BCUT2D eigenvalue weighted by Crippen LogP contribution is 2.34. The van der Waals surface area contributed by atoms with Crippen molar-refractivity contribution < 1.29 is 0 Å². The highest BCUT2D eigenvalue weighted by molar-refractivity contribution is 7.18. The minimum absolute atomic E-state index is 0.842. The van der Waals surface area contributed by atoms with Crippen LogP contribution in [0.15, 0.2) is 24.3 Å². The Bertz CT molecular complexity index is 805. The van der Waals surface area contributed by atoms with Crippen molar-refractivity contribution in [2.24, 2.45) is 0 Å². The summed E-state index contributed by atoms with van der Waals surface area (Å²) >= 11 is 1.75. The fraction of sp³-hybridized carbons (Fsp3) is 0.294. The van der Waals surface area contributed by atoms with E-state index in [1.54, 1.807) is 11.3 Å². The molecular weight excluding hydrogens is 278 g/mol. The smallest absolute Gasteiger partial charge is 0.143 e. The average molecular weight is 297 g/mol. The third-order valence-electron chi connectivity index (χ3n) is 3.79. The summed E-state index contributed by atoms with van der Waals surface area (Å²) < 4.78 is 0. The Morgan fingerprint density at radius 2 is 1.86 bits per heavy atom. The van der Waals surface area contributed by atoms with Gasteiger partial charge >= 0.3 is 0 Å². The van der Waals surface area contributed by atoms with E-state index >= 15 is 0 Å². The summed E-state index contributed by atoms with van der Waals surface area (Å²) in [5.74, 6) is 1.81.